The molecule has 3 heterocycles. The molecule has 4 heteroatoms. The van der Waals surface area contributed by atoms with Crippen molar-refractivity contribution in [2.45, 2.75) is 46.0 Å². The zero-order valence-electron chi connectivity index (χ0n) is 13.0. The maximum absolute atomic E-state index is 4.91. The Morgan fingerprint density at radius 1 is 1.45 bits per heavy atom. The van der Waals surface area contributed by atoms with Crippen LogP contribution in [0.15, 0.2) is 11.6 Å². The minimum Gasteiger partial charge on any atom is -0.302 e. The first-order valence-corrected chi connectivity index (χ1v) is 8.52. The van der Waals surface area contributed by atoms with Gasteiger partial charge in [0.1, 0.15) is 10.7 Å². The van der Waals surface area contributed by atoms with Crippen LogP contribution in [0.4, 0.5) is 0 Å². The molecule has 0 saturated carbocycles. The minimum atomic E-state index is 0.206. The molecule has 0 amide bonds. The van der Waals surface area contributed by atoms with Gasteiger partial charge in [0.15, 0.2) is 0 Å². The summed E-state index contributed by atoms with van der Waals surface area (Å²) in [5.74, 6) is 1.86. The Morgan fingerprint density at radius 2 is 2.25 bits per heavy atom. The minimum absolute atomic E-state index is 0.206. The molecule has 2 aromatic heterocycles. The maximum Gasteiger partial charge on any atom is 0.123 e. The van der Waals surface area contributed by atoms with E-state index in [2.05, 4.69) is 48.6 Å². The van der Waals surface area contributed by atoms with Gasteiger partial charge in [-0.3, -0.25) is 4.40 Å². The lowest BCUT2D eigenvalue weighted by molar-refractivity contribution is 0.141. The number of nitrogens with zero attached hydrogens (tertiary/aromatic N) is 3. The fourth-order valence-electron chi connectivity index (χ4n) is 3.57. The average molecular weight is 291 g/mol. The third kappa shape index (κ3) is 2.40. The zero-order chi connectivity index (χ0) is 14.3. The molecule has 1 aliphatic rings. The molecular formula is C16H25N3S. The second-order valence-corrected chi connectivity index (χ2v) is 7.77. The molecule has 3 nitrogen and oxygen atoms in total. The summed E-state index contributed by atoms with van der Waals surface area (Å²) in [6.07, 6.45) is 4.68. The molecule has 1 fully saturated rings. The van der Waals surface area contributed by atoms with Gasteiger partial charge in [-0.05, 0) is 32.2 Å². The van der Waals surface area contributed by atoms with E-state index in [4.69, 9.17) is 4.98 Å². The first-order valence-electron chi connectivity index (χ1n) is 7.64. The van der Waals surface area contributed by atoms with Crippen molar-refractivity contribution in [3.8, 4) is 0 Å². The largest absolute Gasteiger partial charge is 0.302 e. The lowest BCUT2D eigenvalue weighted by atomic mass is 9.79. The van der Waals surface area contributed by atoms with Gasteiger partial charge >= 0.3 is 0 Å². The molecule has 110 valence electrons. The second-order valence-electron chi connectivity index (χ2n) is 6.88. The summed E-state index contributed by atoms with van der Waals surface area (Å²) in [6, 6.07) is 0. The van der Waals surface area contributed by atoms with Crippen molar-refractivity contribution < 1.29 is 0 Å². The van der Waals surface area contributed by atoms with Crippen LogP contribution < -0.4 is 0 Å². The van der Waals surface area contributed by atoms with E-state index < -0.39 is 0 Å². The highest BCUT2D eigenvalue weighted by Gasteiger charge is 2.36. The van der Waals surface area contributed by atoms with Gasteiger partial charge in [-0.15, -0.1) is 11.3 Å². The van der Waals surface area contributed by atoms with E-state index >= 15 is 0 Å². The average Bonchev–Trinajstić information content (AvgIpc) is 2.93. The van der Waals surface area contributed by atoms with Crippen molar-refractivity contribution in [3.05, 3.63) is 23.1 Å². The van der Waals surface area contributed by atoms with E-state index in [0.717, 1.165) is 18.3 Å². The van der Waals surface area contributed by atoms with Gasteiger partial charge in [-0.2, -0.15) is 0 Å². The molecule has 0 radical (unpaired) electrons. The highest BCUT2D eigenvalue weighted by atomic mass is 32.1. The van der Waals surface area contributed by atoms with Gasteiger partial charge in [-0.25, -0.2) is 4.98 Å². The summed E-state index contributed by atoms with van der Waals surface area (Å²) in [5, 5.41) is 2.17. The van der Waals surface area contributed by atoms with Crippen molar-refractivity contribution in [3.63, 3.8) is 0 Å². The van der Waals surface area contributed by atoms with Crippen LogP contribution in [0.3, 0.4) is 0 Å². The molecule has 0 aliphatic carbocycles. The normalized spacial score (nSPS) is 24.9. The Balaban J connectivity index is 1.92. The summed E-state index contributed by atoms with van der Waals surface area (Å²) in [5.41, 5.74) is 1.52. The maximum atomic E-state index is 4.91. The van der Waals surface area contributed by atoms with Crippen molar-refractivity contribution in [2.75, 3.05) is 19.6 Å². The van der Waals surface area contributed by atoms with Crippen LogP contribution in [-0.4, -0.2) is 33.9 Å². The SMILES string of the molecule is Cc1nc(C2(C)CCCN(CC(C)C)C2)c2sccn12. The summed E-state index contributed by atoms with van der Waals surface area (Å²) in [4.78, 5) is 8.88. The lowest BCUT2D eigenvalue weighted by Gasteiger charge is -2.40. The smallest absolute Gasteiger partial charge is 0.123 e. The third-order valence-corrected chi connectivity index (χ3v) is 5.27. The van der Waals surface area contributed by atoms with Crippen LogP contribution in [-0.2, 0) is 5.41 Å². The zero-order valence-corrected chi connectivity index (χ0v) is 13.8. The standard InChI is InChI=1S/C16H25N3S/c1-12(2)10-18-7-5-6-16(4,11-18)14-15-19(8-9-20-15)13(3)17-14/h8-9,12H,5-7,10-11H2,1-4H3. The number of hydrogen-bond donors (Lipinski definition) is 0. The van der Waals surface area contributed by atoms with Crippen molar-refractivity contribution in [1.82, 2.24) is 14.3 Å². The molecule has 0 N–H and O–H groups in total. The molecule has 1 saturated heterocycles. The molecule has 1 unspecified atom stereocenters. The number of thiazole rings is 1. The molecular weight excluding hydrogens is 266 g/mol. The highest BCUT2D eigenvalue weighted by Crippen LogP contribution is 2.37. The van der Waals surface area contributed by atoms with E-state index in [1.165, 1.54) is 36.5 Å². The van der Waals surface area contributed by atoms with E-state index in [1.54, 1.807) is 0 Å². The van der Waals surface area contributed by atoms with Crippen LogP contribution in [0.25, 0.3) is 4.83 Å². The fraction of sp³-hybridized carbons (Fsp3) is 0.688. The number of rotatable bonds is 3. The van der Waals surface area contributed by atoms with E-state index in [0.29, 0.717) is 0 Å². The van der Waals surface area contributed by atoms with E-state index in [1.807, 2.05) is 11.3 Å². The van der Waals surface area contributed by atoms with Crippen LogP contribution in [0.5, 0.6) is 0 Å². The number of piperidine rings is 1. The number of fused-ring (bicyclic) bond motifs is 1. The first kappa shape index (κ1) is 14.1. The van der Waals surface area contributed by atoms with Gasteiger partial charge in [0, 0.05) is 30.1 Å². The molecule has 1 aliphatic heterocycles. The van der Waals surface area contributed by atoms with Crippen LogP contribution in [0, 0.1) is 12.8 Å². The highest BCUT2D eigenvalue weighted by molar-refractivity contribution is 7.15. The Bertz CT molecular complexity index is 598. The Kier molecular flexibility index (Phi) is 3.63. The molecule has 2 aromatic rings. The Morgan fingerprint density at radius 3 is 3.00 bits per heavy atom. The van der Waals surface area contributed by atoms with Crippen LogP contribution in [0.1, 0.15) is 45.1 Å². The molecule has 0 bridgehead atoms. The number of aromatic nitrogens is 2. The summed E-state index contributed by atoms with van der Waals surface area (Å²) in [6.45, 7) is 12.7. The third-order valence-electron chi connectivity index (χ3n) is 4.40. The van der Waals surface area contributed by atoms with Crippen molar-refractivity contribution in [1.29, 1.82) is 0 Å². The van der Waals surface area contributed by atoms with Crippen molar-refractivity contribution >= 4 is 16.2 Å². The number of hydrogen-bond acceptors (Lipinski definition) is 3. The Labute approximate surface area is 125 Å². The number of imidazole rings is 1. The molecule has 3 rings (SSSR count). The number of likely N-dealkylation sites (tertiary alicyclic amines) is 1. The summed E-state index contributed by atoms with van der Waals surface area (Å²) in [7, 11) is 0. The molecule has 20 heavy (non-hydrogen) atoms. The van der Waals surface area contributed by atoms with Crippen LogP contribution >= 0.6 is 11.3 Å². The van der Waals surface area contributed by atoms with Gasteiger partial charge in [0.2, 0.25) is 0 Å². The topological polar surface area (TPSA) is 20.5 Å². The monoisotopic (exact) mass is 291 g/mol. The summed E-state index contributed by atoms with van der Waals surface area (Å²) < 4.78 is 2.24. The predicted molar refractivity (Wildman–Crippen MR) is 85.7 cm³/mol. The van der Waals surface area contributed by atoms with Gasteiger partial charge in [-0.1, -0.05) is 20.8 Å². The number of aryl methyl sites for hydroxylation is 1. The van der Waals surface area contributed by atoms with Gasteiger partial charge in [0.05, 0.1) is 5.69 Å². The Hall–Kier alpha value is -0.870. The fourth-order valence-corrected chi connectivity index (χ4v) is 4.59. The second kappa shape index (κ2) is 5.15. The van der Waals surface area contributed by atoms with E-state index in [-0.39, 0.29) is 5.41 Å². The van der Waals surface area contributed by atoms with Crippen LogP contribution in [0.2, 0.25) is 0 Å². The van der Waals surface area contributed by atoms with Gasteiger partial charge in [0.25, 0.3) is 0 Å². The van der Waals surface area contributed by atoms with Gasteiger partial charge < -0.3 is 4.90 Å². The lowest BCUT2D eigenvalue weighted by Crippen LogP contribution is -2.45. The van der Waals surface area contributed by atoms with Crippen molar-refractivity contribution in [2.24, 2.45) is 5.92 Å². The first-order chi connectivity index (χ1) is 9.49. The quantitative estimate of drug-likeness (QED) is 0.859. The van der Waals surface area contributed by atoms with E-state index in [9.17, 15) is 0 Å². The molecule has 0 aromatic carbocycles. The predicted octanol–water partition coefficient (Wildman–Crippen LogP) is 3.71. The molecule has 0 spiro atoms. The molecule has 1 atom stereocenters. The summed E-state index contributed by atoms with van der Waals surface area (Å²) >= 11 is 1.82.